The lowest BCUT2D eigenvalue weighted by Gasteiger charge is -2.32. The molecule has 2 fully saturated rings. The molecule has 0 radical (unpaired) electrons. The Morgan fingerprint density at radius 1 is 0.879 bits per heavy atom. The molecule has 3 heterocycles. The minimum Gasteiger partial charge on any atom is -0.299 e. The van der Waals surface area contributed by atoms with E-state index in [1.54, 1.807) is 12.1 Å². The molecule has 8 heteroatoms. The minimum absolute atomic E-state index is 0.100. The number of fused-ring (bicyclic) bond motifs is 1. The molecule has 170 valence electrons. The number of likely N-dealkylation sites (tertiary alicyclic amines) is 1. The summed E-state index contributed by atoms with van der Waals surface area (Å²) in [5, 5.41) is 2.21. The first kappa shape index (κ1) is 21.5. The summed E-state index contributed by atoms with van der Waals surface area (Å²) in [6.45, 7) is 2.42. The SMILES string of the molecule is O=C1CCC(N2C(=O)c3ccc(CN4CCC(c5ccc(F)cc5)CC4)cc3C2=O)C(=O)N1. The predicted octanol–water partition coefficient (Wildman–Crippen LogP) is 2.61. The van der Waals surface area contributed by atoms with Crippen molar-refractivity contribution < 1.29 is 23.6 Å². The Balaban J connectivity index is 1.25. The van der Waals surface area contributed by atoms with Crippen LogP contribution in [-0.4, -0.2) is 52.6 Å². The van der Waals surface area contributed by atoms with E-state index >= 15 is 0 Å². The third-order valence-corrected chi connectivity index (χ3v) is 6.84. The highest BCUT2D eigenvalue weighted by atomic mass is 19.1. The molecule has 2 aromatic rings. The van der Waals surface area contributed by atoms with Gasteiger partial charge in [-0.25, -0.2) is 4.39 Å². The van der Waals surface area contributed by atoms with Crippen LogP contribution in [0.4, 0.5) is 4.39 Å². The van der Waals surface area contributed by atoms with Crippen LogP contribution in [0.3, 0.4) is 0 Å². The zero-order valence-corrected chi connectivity index (χ0v) is 18.1. The maximum Gasteiger partial charge on any atom is 0.262 e. The van der Waals surface area contributed by atoms with Gasteiger partial charge in [0, 0.05) is 13.0 Å². The second-order valence-corrected chi connectivity index (χ2v) is 8.93. The highest BCUT2D eigenvalue weighted by Crippen LogP contribution is 2.31. The maximum atomic E-state index is 13.2. The third kappa shape index (κ3) is 4.06. The van der Waals surface area contributed by atoms with Crippen molar-refractivity contribution >= 4 is 23.6 Å². The van der Waals surface area contributed by atoms with E-state index in [1.165, 1.54) is 12.1 Å². The van der Waals surface area contributed by atoms with Crippen LogP contribution in [0.2, 0.25) is 0 Å². The number of carbonyl (C=O) groups excluding carboxylic acids is 4. The van der Waals surface area contributed by atoms with Crippen LogP contribution in [0.5, 0.6) is 0 Å². The lowest BCUT2D eigenvalue weighted by atomic mass is 9.89. The number of nitrogens with zero attached hydrogens (tertiary/aromatic N) is 2. The van der Waals surface area contributed by atoms with Crippen LogP contribution in [0.1, 0.15) is 63.4 Å². The Bertz CT molecular complexity index is 1140. The van der Waals surface area contributed by atoms with Gasteiger partial charge in [0.15, 0.2) is 0 Å². The second kappa shape index (κ2) is 8.51. The largest absolute Gasteiger partial charge is 0.299 e. The molecule has 5 rings (SSSR count). The van der Waals surface area contributed by atoms with Gasteiger partial charge in [0.1, 0.15) is 11.9 Å². The van der Waals surface area contributed by atoms with Gasteiger partial charge in [-0.05, 0) is 73.7 Å². The van der Waals surface area contributed by atoms with Crippen molar-refractivity contribution in [1.82, 2.24) is 15.1 Å². The van der Waals surface area contributed by atoms with Crippen molar-refractivity contribution in [2.45, 2.75) is 44.2 Å². The van der Waals surface area contributed by atoms with Crippen LogP contribution in [0.15, 0.2) is 42.5 Å². The minimum atomic E-state index is -0.955. The molecule has 0 spiro atoms. The lowest BCUT2D eigenvalue weighted by Crippen LogP contribution is -2.54. The van der Waals surface area contributed by atoms with Crippen molar-refractivity contribution in [2.24, 2.45) is 0 Å². The Hall–Kier alpha value is -3.39. The van der Waals surface area contributed by atoms with Crippen molar-refractivity contribution in [1.29, 1.82) is 0 Å². The normalized spacial score (nSPS) is 22.0. The van der Waals surface area contributed by atoms with Gasteiger partial charge in [0.25, 0.3) is 11.8 Å². The van der Waals surface area contributed by atoms with Crippen LogP contribution >= 0.6 is 0 Å². The van der Waals surface area contributed by atoms with Gasteiger partial charge in [0.05, 0.1) is 11.1 Å². The van der Waals surface area contributed by atoms with Gasteiger partial charge < -0.3 is 0 Å². The van der Waals surface area contributed by atoms with Crippen LogP contribution in [0, 0.1) is 5.82 Å². The Morgan fingerprint density at radius 3 is 2.27 bits per heavy atom. The van der Waals surface area contributed by atoms with E-state index in [-0.39, 0.29) is 18.7 Å². The van der Waals surface area contributed by atoms with E-state index in [1.807, 2.05) is 18.2 Å². The average Bonchev–Trinajstić information content (AvgIpc) is 3.05. The van der Waals surface area contributed by atoms with Gasteiger partial charge >= 0.3 is 0 Å². The number of carbonyl (C=O) groups is 4. The molecule has 7 nitrogen and oxygen atoms in total. The summed E-state index contributed by atoms with van der Waals surface area (Å²) in [7, 11) is 0. The van der Waals surface area contributed by atoms with E-state index in [9.17, 15) is 23.6 Å². The molecule has 2 aromatic carbocycles. The fourth-order valence-electron chi connectivity index (χ4n) is 5.03. The van der Waals surface area contributed by atoms with Crippen LogP contribution in [0.25, 0.3) is 0 Å². The number of nitrogens with one attached hydrogen (secondary N) is 1. The topological polar surface area (TPSA) is 86.8 Å². The summed E-state index contributed by atoms with van der Waals surface area (Å²) in [5.41, 5.74) is 2.69. The summed E-state index contributed by atoms with van der Waals surface area (Å²) in [4.78, 5) is 52.8. The molecule has 1 unspecified atom stereocenters. The molecular weight excluding hydrogens is 425 g/mol. The molecule has 1 atom stereocenters. The molecule has 4 amide bonds. The Kier molecular flexibility index (Phi) is 5.54. The molecule has 3 aliphatic heterocycles. The van der Waals surface area contributed by atoms with E-state index in [4.69, 9.17) is 0 Å². The molecule has 3 aliphatic rings. The summed E-state index contributed by atoms with van der Waals surface area (Å²) in [6, 6.07) is 11.0. The smallest absolute Gasteiger partial charge is 0.262 e. The monoisotopic (exact) mass is 449 g/mol. The van der Waals surface area contributed by atoms with Gasteiger partial charge in [-0.2, -0.15) is 0 Å². The molecule has 0 aliphatic carbocycles. The quantitative estimate of drug-likeness (QED) is 0.726. The van der Waals surface area contributed by atoms with Gasteiger partial charge in [-0.1, -0.05) is 18.2 Å². The van der Waals surface area contributed by atoms with Gasteiger partial charge in [0.2, 0.25) is 11.8 Å². The molecule has 1 N–H and O–H groups in total. The summed E-state index contributed by atoms with van der Waals surface area (Å²) >= 11 is 0. The van der Waals surface area contributed by atoms with E-state index in [0.29, 0.717) is 23.6 Å². The standard InChI is InChI=1S/C25H24FN3O4/c26-18-4-2-16(3-5-18)17-9-11-28(12-10-17)14-15-1-6-19-20(13-15)25(33)29(24(19)32)21-7-8-22(30)27-23(21)31/h1-6,13,17,21H,7-12,14H2,(H,27,30,31). The predicted molar refractivity (Wildman–Crippen MR) is 117 cm³/mol. The number of halogens is 1. The number of hydrogen-bond donors (Lipinski definition) is 1. The second-order valence-electron chi connectivity index (χ2n) is 8.93. The highest BCUT2D eigenvalue weighted by molar-refractivity contribution is 6.23. The average molecular weight is 449 g/mol. The summed E-state index contributed by atoms with van der Waals surface area (Å²) in [6.07, 6.45) is 2.18. The van der Waals surface area contributed by atoms with Crippen molar-refractivity contribution in [3.8, 4) is 0 Å². The number of hydrogen-bond acceptors (Lipinski definition) is 5. The molecule has 0 bridgehead atoms. The van der Waals surface area contributed by atoms with Crippen molar-refractivity contribution in [3.05, 3.63) is 70.5 Å². The van der Waals surface area contributed by atoms with E-state index in [0.717, 1.165) is 42.0 Å². The molecule has 0 saturated carbocycles. The first-order chi connectivity index (χ1) is 15.9. The number of rotatable bonds is 4. The Morgan fingerprint density at radius 2 is 1.58 bits per heavy atom. The molecule has 33 heavy (non-hydrogen) atoms. The van der Waals surface area contributed by atoms with Crippen molar-refractivity contribution in [2.75, 3.05) is 13.1 Å². The fourth-order valence-corrected chi connectivity index (χ4v) is 5.03. The zero-order chi connectivity index (χ0) is 23.1. The lowest BCUT2D eigenvalue weighted by molar-refractivity contribution is -0.136. The van der Waals surface area contributed by atoms with Gasteiger partial charge in [-0.15, -0.1) is 0 Å². The summed E-state index contributed by atoms with van der Waals surface area (Å²) in [5.74, 6) is -1.79. The number of amides is 4. The molecule has 0 aromatic heterocycles. The molecular formula is C25H24FN3O4. The van der Waals surface area contributed by atoms with Gasteiger partial charge in [-0.3, -0.25) is 34.3 Å². The first-order valence-electron chi connectivity index (χ1n) is 11.2. The van der Waals surface area contributed by atoms with Crippen LogP contribution in [-0.2, 0) is 16.1 Å². The summed E-state index contributed by atoms with van der Waals surface area (Å²) < 4.78 is 13.2. The van der Waals surface area contributed by atoms with Crippen LogP contribution < -0.4 is 5.32 Å². The van der Waals surface area contributed by atoms with E-state index in [2.05, 4.69) is 10.2 Å². The number of piperidine rings is 2. The highest BCUT2D eigenvalue weighted by Gasteiger charge is 2.44. The number of benzene rings is 2. The fraction of sp³-hybridized carbons (Fsp3) is 0.360. The van der Waals surface area contributed by atoms with Crippen molar-refractivity contribution in [3.63, 3.8) is 0 Å². The zero-order valence-electron chi connectivity index (χ0n) is 18.1. The third-order valence-electron chi connectivity index (χ3n) is 6.84. The maximum absolute atomic E-state index is 13.2. The molecule has 2 saturated heterocycles. The first-order valence-corrected chi connectivity index (χ1v) is 11.2. The Labute approximate surface area is 190 Å². The number of imide groups is 2. The van der Waals surface area contributed by atoms with E-state index < -0.39 is 29.7 Å².